The number of nitrogens with zero attached hydrogens (tertiary/aromatic N) is 2. The van der Waals surface area contributed by atoms with Crippen molar-refractivity contribution >= 4 is 91.5 Å². The quantitative estimate of drug-likeness (QED) is 0.0531. The lowest BCUT2D eigenvalue weighted by Gasteiger charge is -2.23. The zero-order chi connectivity index (χ0) is 31.9. The zero-order valence-corrected chi connectivity index (χ0v) is 25.8. The largest absolute Gasteiger partial charge is 0.412 e. The molecule has 4 aromatic carbocycles. The average molecular weight is 646 g/mol. The molecule has 230 valence electrons. The average Bonchev–Trinajstić information content (AvgIpc) is 3.02. The first-order chi connectivity index (χ1) is 21.8. The molecule has 0 saturated heterocycles. The van der Waals surface area contributed by atoms with Crippen LogP contribution in [0.1, 0.15) is 15.9 Å². The van der Waals surface area contributed by atoms with Gasteiger partial charge in [-0.2, -0.15) is 0 Å². The second-order valence-corrected chi connectivity index (χ2v) is 10.8. The summed E-state index contributed by atoms with van der Waals surface area (Å²) in [6, 6.07) is 25.1. The van der Waals surface area contributed by atoms with E-state index >= 15 is 0 Å². The maximum atomic E-state index is 13.0. The number of halogens is 2. The highest BCUT2D eigenvalue weighted by Gasteiger charge is 2.19. The predicted octanol–water partition coefficient (Wildman–Crippen LogP) is 7.60. The van der Waals surface area contributed by atoms with Gasteiger partial charge in [-0.25, -0.2) is 19.4 Å². The number of amides is 3. The van der Waals surface area contributed by atoms with E-state index in [0.29, 0.717) is 64.0 Å². The number of primary amides is 1. The van der Waals surface area contributed by atoms with Crippen molar-refractivity contribution in [3.8, 4) is 0 Å². The van der Waals surface area contributed by atoms with Gasteiger partial charge in [0, 0.05) is 58.4 Å². The molecule has 1 heterocycles. The van der Waals surface area contributed by atoms with E-state index in [2.05, 4.69) is 30.6 Å². The molecule has 3 amide bonds. The van der Waals surface area contributed by atoms with Gasteiger partial charge in [0.25, 0.3) is 0 Å². The number of nitrogens with two attached hydrogens (primary N) is 1. The Morgan fingerprint density at radius 3 is 2.24 bits per heavy atom. The number of carbonyl (C=O) groups is 3. The number of alkyl halides is 2. The van der Waals surface area contributed by atoms with Gasteiger partial charge in [0.05, 0.1) is 22.3 Å². The zero-order valence-electron chi connectivity index (χ0n) is 24.3. The van der Waals surface area contributed by atoms with Gasteiger partial charge in [-0.05, 0) is 61.0 Å². The van der Waals surface area contributed by atoms with E-state index in [1.807, 2.05) is 79.7 Å². The van der Waals surface area contributed by atoms with Crippen molar-refractivity contribution < 1.29 is 19.1 Å². The Labute approximate surface area is 269 Å². The van der Waals surface area contributed by atoms with E-state index in [9.17, 15) is 14.4 Å². The maximum absolute atomic E-state index is 13.0. The monoisotopic (exact) mass is 644 g/mol. The Kier molecular flexibility index (Phi) is 9.86. The van der Waals surface area contributed by atoms with Crippen molar-refractivity contribution in [3.05, 3.63) is 96.1 Å². The van der Waals surface area contributed by atoms with Crippen molar-refractivity contribution in [2.75, 3.05) is 45.7 Å². The van der Waals surface area contributed by atoms with E-state index in [4.69, 9.17) is 28.9 Å². The lowest BCUT2D eigenvalue weighted by molar-refractivity contribution is 0.0640. The number of aryl methyl sites for hydroxylation is 1. The molecule has 45 heavy (non-hydrogen) atoms. The van der Waals surface area contributed by atoms with Crippen LogP contribution in [0.15, 0.2) is 84.9 Å². The molecule has 12 heteroatoms. The van der Waals surface area contributed by atoms with Crippen molar-refractivity contribution in [1.82, 2.24) is 4.98 Å². The van der Waals surface area contributed by atoms with E-state index in [-0.39, 0.29) is 5.56 Å². The number of nitrogens with one attached hydrogen (secondary N) is 3. The van der Waals surface area contributed by atoms with Crippen LogP contribution < -0.4 is 26.6 Å². The van der Waals surface area contributed by atoms with E-state index in [1.165, 1.54) is 6.07 Å². The Morgan fingerprint density at radius 1 is 0.844 bits per heavy atom. The van der Waals surface area contributed by atoms with Crippen LogP contribution in [0.5, 0.6) is 0 Å². The van der Waals surface area contributed by atoms with Gasteiger partial charge >= 0.3 is 18.1 Å². The minimum absolute atomic E-state index is 0.0990. The van der Waals surface area contributed by atoms with Gasteiger partial charge in [0.1, 0.15) is 0 Å². The molecule has 0 aliphatic rings. The van der Waals surface area contributed by atoms with Crippen molar-refractivity contribution in [2.45, 2.75) is 6.92 Å². The van der Waals surface area contributed by atoms with Crippen LogP contribution in [0.3, 0.4) is 0 Å². The summed E-state index contributed by atoms with van der Waals surface area (Å²) in [5.74, 6) is 0.0618. The van der Waals surface area contributed by atoms with Crippen molar-refractivity contribution in [1.29, 1.82) is 0 Å². The molecule has 0 atom stereocenters. The van der Waals surface area contributed by atoms with Gasteiger partial charge in [-0.15, -0.1) is 23.2 Å². The van der Waals surface area contributed by atoms with Crippen LogP contribution in [0.4, 0.5) is 38.0 Å². The van der Waals surface area contributed by atoms with Crippen molar-refractivity contribution in [3.63, 3.8) is 0 Å². The highest BCUT2D eigenvalue weighted by Crippen LogP contribution is 2.35. The lowest BCUT2D eigenvalue weighted by atomic mass is 10.0. The third kappa shape index (κ3) is 7.36. The number of benzene rings is 4. The Bertz CT molecular complexity index is 1880. The van der Waals surface area contributed by atoms with Crippen LogP contribution in [0.25, 0.3) is 21.8 Å². The summed E-state index contributed by atoms with van der Waals surface area (Å²) in [7, 11) is 0. The second-order valence-electron chi connectivity index (χ2n) is 10.1. The number of urea groups is 1. The van der Waals surface area contributed by atoms with Gasteiger partial charge in [0.15, 0.2) is 0 Å². The molecule has 0 fully saturated rings. The molecule has 5 rings (SSSR count). The van der Waals surface area contributed by atoms with E-state index < -0.39 is 18.1 Å². The van der Waals surface area contributed by atoms with Crippen LogP contribution in [0.2, 0.25) is 0 Å². The summed E-state index contributed by atoms with van der Waals surface area (Å²) in [5, 5.41) is 10.7. The Morgan fingerprint density at radius 2 is 1.53 bits per heavy atom. The summed E-state index contributed by atoms with van der Waals surface area (Å²) < 4.78 is 4.64. The summed E-state index contributed by atoms with van der Waals surface area (Å²) in [6.07, 6.45) is -1.20. The summed E-state index contributed by atoms with van der Waals surface area (Å²) in [4.78, 5) is 43.7. The van der Waals surface area contributed by atoms with Gasteiger partial charge in [0.2, 0.25) is 0 Å². The maximum Gasteiger partial charge on any atom is 0.412 e. The Balaban J connectivity index is 1.40. The second kappa shape index (κ2) is 14.1. The summed E-state index contributed by atoms with van der Waals surface area (Å²) in [6.45, 7) is 3.23. The molecule has 1 aromatic heterocycles. The molecule has 0 bridgehead atoms. The molecule has 0 radical (unpaired) electrons. The standard InChI is InChI=1S/C33H30Cl2N6O4/c1-20-9-10-22(19-28(20)40-33(44)38-21-11-13-23(14-12-21)41(17-15-34)18-16-35)37-29-24-5-2-3-8-27(24)39-30-25(29)6-4-7-26(30)31(42)45-32(36)43/h2-14,19H,15-18H2,1H3,(H2,36,43)(H,37,39)(H2,38,40,44). The topological polar surface area (TPSA) is 139 Å². The summed E-state index contributed by atoms with van der Waals surface area (Å²) >= 11 is 11.8. The fourth-order valence-electron chi connectivity index (χ4n) is 4.95. The number of anilines is 5. The number of aromatic nitrogens is 1. The van der Waals surface area contributed by atoms with Gasteiger partial charge < -0.3 is 31.3 Å². The van der Waals surface area contributed by atoms with Gasteiger partial charge in [-0.1, -0.05) is 36.4 Å². The number of fused-ring (bicyclic) bond motifs is 2. The highest BCUT2D eigenvalue weighted by atomic mass is 35.5. The third-order valence-electron chi connectivity index (χ3n) is 7.08. The number of para-hydroxylation sites is 2. The number of pyridine rings is 1. The fraction of sp³-hybridized carbons (Fsp3) is 0.152. The Hall–Kier alpha value is -5.06. The fourth-order valence-corrected chi connectivity index (χ4v) is 5.36. The van der Waals surface area contributed by atoms with Crippen LogP contribution >= 0.6 is 23.2 Å². The SMILES string of the molecule is Cc1ccc(Nc2c3ccccc3nc3c(C(=O)OC(N)=O)cccc23)cc1NC(=O)Nc1ccc(N(CCCl)CCCl)cc1. The number of hydrogen-bond acceptors (Lipinski definition) is 7. The molecule has 0 saturated carbocycles. The number of hydrogen-bond donors (Lipinski definition) is 4. The normalized spacial score (nSPS) is 10.8. The van der Waals surface area contributed by atoms with E-state index in [1.54, 1.807) is 6.07 Å². The molecular formula is C33H30Cl2N6O4. The van der Waals surface area contributed by atoms with Crippen LogP contribution in [-0.2, 0) is 4.74 Å². The number of carbonyl (C=O) groups excluding carboxylic acids is 3. The van der Waals surface area contributed by atoms with Gasteiger partial charge in [-0.3, -0.25) is 0 Å². The minimum Gasteiger partial charge on any atom is -0.373 e. The third-order valence-corrected chi connectivity index (χ3v) is 7.42. The number of rotatable bonds is 10. The van der Waals surface area contributed by atoms with Crippen LogP contribution in [0, 0.1) is 6.92 Å². The lowest BCUT2D eigenvalue weighted by Crippen LogP contribution is -2.27. The van der Waals surface area contributed by atoms with E-state index in [0.717, 1.165) is 16.6 Å². The highest BCUT2D eigenvalue weighted by molar-refractivity contribution is 6.18. The minimum atomic E-state index is -1.20. The molecule has 5 N–H and O–H groups in total. The molecule has 0 aliphatic carbocycles. The van der Waals surface area contributed by atoms with Crippen LogP contribution in [-0.4, -0.2) is 47.9 Å². The molecule has 0 aliphatic heterocycles. The number of esters is 1. The molecule has 5 aromatic rings. The molecule has 0 spiro atoms. The first-order valence-electron chi connectivity index (χ1n) is 14.0. The molecule has 10 nitrogen and oxygen atoms in total. The first kappa shape index (κ1) is 31.4. The van der Waals surface area contributed by atoms with Crippen molar-refractivity contribution in [2.24, 2.45) is 5.73 Å². The first-order valence-corrected chi connectivity index (χ1v) is 15.1. The predicted molar refractivity (Wildman–Crippen MR) is 181 cm³/mol. The smallest absolute Gasteiger partial charge is 0.373 e. The number of ether oxygens (including phenoxy) is 1. The summed E-state index contributed by atoms with van der Waals surface area (Å²) in [5.41, 5.74) is 10.5. The molecule has 0 unspecified atom stereocenters. The molecular weight excluding hydrogens is 615 g/mol.